The first-order valence-corrected chi connectivity index (χ1v) is 22.2. The molecule has 64 heavy (non-hydrogen) atoms. The Hall–Kier alpha value is -7.37. The summed E-state index contributed by atoms with van der Waals surface area (Å²) in [7, 11) is 0. The van der Waals surface area contributed by atoms with Gasteiger partial charge in [-0.05, 0) is 108 Å². The predicted molar refractivity (Wildman–Crippen MR) is 266 cm³/mol. The van der Waals surface area contributed by atoms with E-state index in [4.69, 9.17) is 8.83 Å². The average Bonchev–Trinajstić information content (AvgIpc) is 3.95. The second-order valence-electron chi connectivity index (χ2n) is 19.4. The summed E-state index contributed by atoms with van der Waals surface area (Å²) >= 11 is 0. The third kappa shape index (κ3) is 6.09. The minimum absolute atomic E-state index is 0.0180. The van der Waals surface area contributed by atoms with Crippen LogP contribution in [0.3, 0.4) is 0 Å². The highest BCUT2D eigenvalue weighted by Crippen LogP contribution is 2.56. The maximum atomic E-state index is 15.7. The lowest BCUT2D eigenvalue weighted by Gasteiger charge is -2.29. The fourth-order valence-corrected chi connectivity index (χ4v) is 9.79. The molecule has 0 atom stereocenters. The number of ketones is 1. The van der Waals surface area contributed by atoms with E-state index in [0.717, 1.165) is 89.1 Å². The third-order valence-corrected chi connectivity index (χ3v) is 13.2. The van der Waals surface area contributed by atoms with Crippen molar-refractivity contribution in [1.29, 1.82) is 0 Å². The first kappa shape index (κ1) is 39.5. The zero-order valence-corrected chi connectivity index (χ0v) is 37.6. The highest BCUT2D eigenvalue weighted by molar-refractivity contribution is 6.36. The van der Waals surface area contributed by atoms with Gasteiger partial charge in [-0.1, -0.05) is 139 Å². The minimum Gasteiger partial charge on any atom is -0.454 e. The van der Waals surface area contributed by atoms with Gasteiger partial charge in [-0.15, -0.1) is 0 Å². The van der Waals surface area contributed by atoms with Crippen LogP contribution in [0.1, 0.15) is 79.7 Å². The molecular formula is C59H50N2O3. The summed E-state index contributed by atoms with van der Waals surface area (Å²) in [6.07, 6.45) is 0. The van der Waals surface area contributed by atoms with Gasteiger partial charge in [0.15, 0.2) is 16.9 Å². The first-order chi connectivity index (χ1) is 30.8. The van der Waals surface area contributed by atoms with Crippen LogP contribution in [0.15, 0.2) is 167 Å². The normalized spacial score (nSPS) is 12.7. The quantitative estimate of drug-likeness (QED) is 0.167. The van der Waals surface area contributed by atoms with Crippen molar-refractivity contribution >= 4 is 83.8 Å². The Morgan fingerprint density at radius 2 is 0.781 bits per heavy atom. The van der Waals surface area contributed by atoms with Gasteiger partial charge in [0.25, 0.3) is 0 Å². The molecule has 11 rings (SSSR count). The highest BCUT2D eigenvalue weighted by atomic mass is 16.3. The number of hydrogen-bond acceptors (Lipinski definition) is 5. The lowest BCUT2D eigenvalue weighted by atomic mass is 9.87. The number of nitrogens with zero attached hydrogens (tertiary/aromatic N) is 2. The molecule has 0 fully saturated rings. The molecule has 0 saturated carbocycles. The van der Waals surface area contributed by atoms with Crippen LogP contribution in [-0.2, 0) is 10.8 Å². The number of anilines is 6. The second-order valence-corrected chi connectivity index (χ2v) is 19.4. The maximum Gasteiger partial charge on any atom is 0.194 e. The van der Waals surface area contributed by atoms with E-state index in [9.17, 15) is 0 Å². The van der Waals surface area contributed by atoms with Gasteiger partial charge in [-0.25, -0.2) is 0 Å². The summed E-state index contributed by atoms with van der Waals surface area (Å²) in [6.45, 7) is 17.7. The molecule has 0 bridgehead atoms. The number of carbonyl (C=O) groups excluding carboxylic acids is 1. The van der Waals surface area contributed by atoms with Gasteiger partial charge < -0.3 is 18.6 Å². The molecule has 0 unspecified atom stereocenters. The standard InChI is InChI=1S/C59H50N2O3/c1-35-17-9-13-21-45(35)60(39-29-25-37(26-30-39)58(3,4)5)47-33-43-51(53-41-19-11-15-23-49(41)63-56(47)53)52-44(55(43)62)34-48(57-54(52)42-20-12-16-24-50(42)64-57)61(46-22-14-10-18-36(46)2)40-31-27-38(28-32-40)59(6,7)8/h9-34H,1-8H3. The van der Waals surface area contributed by atoms with Gasteiger partial charge in [-0.2, -0.15) is 0 Å². The Balaban J connectivity index is 1.24. The summed E-state index contributed by atoms with van der Waals surface area (Å²) in [4.78, 5) is 20.3. The monoisotopic (exact) mass is 834 g/mol. The highest BCUT2D eigenvalue weighted by Gasteiger charge is 2.38. The summed E-state index contributed by atoms with van der Waals surface area (Å²) < 4.78 is 14.0. The summed E-state index contributed by atoms with van der Waals surface area (Å²) in [5.74, 6) is -0.0347. The predicted octanol–water partition coefficient (Wildman–Crippen LogP) is 16.8. The fourth-order valence-electron chi connectivity index (χ4n) is 9.79. The molecule has 2 heterocycles. The van der Waals surface area contributed by atoms with Gasteiger partial charge in [0.05, 0.1) is 11.4 Å². The Bertz CT molecular complexity index is 3270. The van der Waals surface area contributed by atoms with Crippen LogP contribution in [0, 0.1) is 13.8 Å². The van der Waals surface area contributed by atoms with Crippen LogP contribution in [-0.4, -0.2) is 5.78 Å². The van der Waals surface area contributed by atoms with Crippen molar-refractivity contribution in [2.75, 3.05) is 9.80 Å². The number of aryl methyl sites for hydroxylation is 2. The molecule has 0 N–H and O–H groups in total. The van der Waals surface area contributed by atoms with Crippen LogP contribution in [0.5, 0.6) is 0 Å². The van der Waals surface area contributed by atoms with Crippen LogP contribution in [0.4, 0.5) is 34.1 Å². The van der Waals surface area contributed by atoms with Crippen molar-refractivity contribution in [3.63, 3.8) is 0 Å². The SMILES string of the molecule is Cc1ccccc1N(c1ccc(C(C)(C)C)cc1)c1cc2c(c3c1oc1ccccc13)-c1c(cc(N(c3ccc(C(C)(C)C)cc3)c3ccccc3C)c3oc4ccccc4c13)C2=O. The first-order valence-electron chi connectivity index (χ1n) is 22.2. The van der Waals surface area contributed by atoms with E-state index in [2.05, 4.69) is 199 Å². The van der Waals surface area contributed by atoms with E-state index < -0.39 is 0 Å². The number of fused-ring (bicyclic) bond motifs is 11. The van der Waals surface area contributed by atoms with Crippen LogP contribution < -0.4 is 9.80 Å². The van der Waals surface area contributed by atoms with Crippen molar-refractivity contribution in [1.82, 2.24) is 0 Å². The molecule has 1 aliphatic carbocycles. The molecular weight excluding hydrogens is 785 g/mol. The molecule has 0 saturated heterocycles. The molecule has 2 aromatic heterocycles. The molecule has 314 valence electrons. The smallest absolute Gasteiger partial charge is 0.194 e. The molecule has 0 spiro atoms. The zero-order chi connectivity index (χ0) is 44.2. The van der Waals surface area contributed by atoms with Crippen LogP contribution >= 0.6 is 0 Å². The lowest BCUT2D eigenvalue weighted by Crippen LogP contribution is -2.14. The maximum absolute atomic E-state index is 15.7. The Morgan fingerprint density at radius 1 is 0.422 bits per heavy atom. The molecule has 5 nitrogen and oxygen atoms in total. The van der Waals surface area contributed by atoms with Gasteiger partial charge >= 0.3 is 0 Å². The number of furan rings is 2. The van der Waals surface area contributed by atoms with Gasteiger partial charge in [0, 0.05) is 66.5 Å². The Morgan fingerprint density at radius 3 is 1.16 bits per heavy atom. The van der Waals surface area contributed by atoms with Crippen LogP contribution in [0.25, 0.3) is 55.0 Å². The summed E-state index contributed by atoms with van der Waals surface area (Å²) in [5.41, 5.74) is 16.2. The van der Waals surface area contributed by atoms with Crippen molar-refractivity contribution < 1.29 is 13.6 Å². The van der Waals surface area contributed by atoms with E-state index in [1.165, 1.54) is 11.1 Å². The number of rotatable bonds is 6. The van der Waals surface area contributed by atoms with Crippen molar-refractivity contribution in [2.24, 2.45) is 0 Å². The molecule has 10 aromatic rings. The molecule has 0 radical (unpaired) electrons. The minimum atomic E-state index is -0.0347. The molecule has 5 heteroatoms. The number of para-hydroxylation sites is 4. The van der Waals surface area contributed by atoms with Gasteiger partial charge in [-0.3, -0.25) is 4.79 Å². The largest absolute Gasteiger partial charge is 0.454 e. The van der Waals surface area contributed by atoms with Crippen molar-refractivity contribution in [3.05, 3.63) is 191 Å². The number of hydrogen-bond donors (Lipinski definition) is 0. The van der Waals surface area contributed by atoms with E-state index >= 15 is 4.79 Å². The number of benzene rings is 8. The Kier molecular flexibility index (Phi) is 8.84. The van der Waals surface area contributed by atoms with E-state index in [0.29, 0.717) is 22.3 Å². The van der Waals surface area contributed by atoms with Crippen molar-refractivity contribution in [3.8, 4) is 11.1 Å². The van der Waals surface area contributed by atoms with E-state index in [1.54, 1.807) is 0 Å². The Labute approximate surface area is 374 Å². The van der Waals surface area contributed by atoms with E-state index in [1.807, 2.05) is 24.3 Å². The average molecular weight is 835 g/mol. The summed E-state index contributed by atoms with van der Waals surface area (Å²) in [6, 6.07) is 55.0. The third-order valence-electron chi connectivity index (χ3n) is 13.2. The van der Waals surface area contributed by atoms with Crippen molar-refractivity contribution in [2.45, 2.75) is 66.2 Å². The topological polar surface area (TPSA) is 49.8 Å². The molecule has 1 aliphatic rings. The lowest BCUT2D eigenvalue weighted by molar-refractivity contribution is 0.104. The summed E-state index contributed by atoms with van der Waals surface area (Å²) in [5, 5.41) is 3.73. The van der Waals surface area contributed by atoms with Gasteiger partial charge in [0.1, 0.15) is 11.2 Å². The van der Waals surface area contributed by atoms with Gasteiger partial charge in [0.2, 0.25) is 0 Å². The molecule has 8 aromatic carbocycles. The fraction of sp³-hybridized carbons (Fsp3) is 0.169. The van der Waals surface area contributed by atoms with E-state index in [-0.39, 0.29) is 16.6 Å². The number of carbonyl (C=O) groups is 1. The second kappa shape index (κ2) is 14.3. The molecule has 0 aliphatic heterocycles. The zero-order valence-electron chi connectivity index (χ0n) is 37.6. The molecule has 0 amide bonds. The van der Waals surface area contributed by atoms with Crippen LogP contribution in [0.2, 0.25) is 0 Å².